The largest absolute Gasteiger partial charge is 0.493 e. The van der Waals surface area contributed by atoms with Crippen LogP contribution in [0.15, 0.2) is 24.4 Å². The van der Waals surface area contributed by atoms with Crippen molar-refractivity contribution in [2.75, 3.05) is 33.9 Å². The van der Waals surface area contributed by atoms with Gasteiger partial charge in [-0.1, -0.05) is 11.3 Å². The lowest BCUT2D eigenvalue weighted by Gasteiger charge is -2.25. The lowest BCUT2D eigenvalue weighted by molar-refractivity contribution is 0.0117. The normalized spacial score (nSPS) is 19.9. The molecule has 0 unspecified atom stereocenters. The molecule has 0 spiro atoms. The van der Waals surface area contributed by atoms with E-state index in [1.165, 1.54) is 31.2 Å². The molecule has 172 valence electrons. The monoisotopic (exact) mass is 449 g/mol. The summed E-state index contributed by atoms with van der Waals surface area (Å²) >= 11 is 0. The summed E-state index contributed by atoms with van der Waals surface area (Å²) in [6.45, 7) is 0.620. The molecule has 9 nitrogen and oxygen atoms in total. The molecule has 2 aliphatic rings. The first kappa shape index (κ1) is 22.0. The average Bonchev–Trinajstić information content (AvgIpc) is 3.52. The van der Waals surface area contributed by atoms with Crippen LogP contribution in [-0.2, 0) is 6.54 Å². The van der Waals surface area contributed by atoms with Crippen LogP contribution in [0.1, 0.15) is 40.1 Å². The maximum Gasteiger partial charge on any atom is 0.276 e. The summed E-state index contributed by atoms with van der Waals surface area (Å²) in [5.74, 6) is -3.33. The molecule has 1 aromatic carbocycles. The van der Waals surface area contributed by atoms with Crippen molar-refractivity contribution in [1.29, 1.82) is 0 Å². The Balaban J connectivity index is 1.55. The molecule has 1 aromatic heterocycles. The SMILES string of the molecule is COc1cccc(C(=O)N2CC(F)(F)C[C@H]2Cn2cc(C(=O)N3CCCC3)nn2)c1OC. The van der Waals surface area contributed by atoms with Gasteiger partial charge in [-0.3, -0.25) is 9.59 Å². The van der Waals surface area contributed by atoms with E-state index in [4.69, 9.17) is 9.47 Å². The van der Waals surface area contributed by atoms with Crippen LogP contribution in [-0.4, -0.2) is 82.4 Å². The summed E-state index contributed by atoms with van der Waals surface area (Å²) in [6.07, 6.45) is 2.83. The second-order valence-electron chi connectivity index (χ2n) is 8.01. The molecule has 1 atom stereocenters. The number of methoxy groups -OCH3 is 2. The number of alkyl halides is 2. The number of carbonyl (C=O) groups is 2. The van der Waals surface area contributed by atoms with Crippen molar-refractivity contribution < 1.29 is 27.8 Å². The van der Waals surface area contributed by atoms with Crippen LogP contribution in [0, 0.1) is 0 Å². The summed E-state index contributed by atoms with van der Waals surface area (Å²) in [4.78, 5) is 28.5. The zero-order valence-corrected chi connectivity index (χ0v) is 18.0. The van der Waals surface area contributed by atoms with Crippen LogP contribution >= 0.6 is 0 Å². The minimum absolute atomic E-state index is 0.00606. The van der Waals surface area contributed by atoms with Crippen molar-refractivity contribution in [3.8, 4) is 11.5 Å². The van der Waals surface area contributed by atoms with Crippen LogP contribution in [0.4, 0.5) is 8.78 Å². The van der Waals surface area contributed by atoms with Gasteiger partial charge in [0.2, 0.25) is 0 Å². The van der Waals surface area contributed by atoms with Gasteiger partial charge in [0.05, 0.1) is 45.1 Å². The molecule has 0 N–H and O–H groups in total. The molecule has 0 saturated carbocycles. The Kier molecular flexibility index (Phi) is 5.98. The summed E-state index contributed by atoms with van der Waals surface area (Å²) in [5, 5.41) is 7.85. The molecule has 11 heteroatoms. The van der Waals surface area contributed by atoms with Crippen LogP contribution < -0.4 is 9.47 Å². The highest BCUT2D eigenvalue weighted by Crippen LogP contribution is 2.37. The molecule has 32 heavy (non-hydrogen) atoms. The molecule has 2 saturated heterocycles. The maximum atomic E-state index is 14.3. The third-order valence-electron chi connectivity index (χ3n) is 5.82. The minimum Gasteiger partial charge on any atom is -0.493 e. The van der Waals surface area contributed by atoms with Crippen LogP contribution in [0.5, 0.6) is 11.5 Å². The smallest absolute Gasteiger partial charge is 0.276 e. The molecule has 0 aliphatic carbocycles. The van der Waals surface area contributed by atoms with Crippen molar-refractivity contribution >= 4 is 11.8 Å². The van der Waals surface area contributed by atoms with Gasteiger partial charge in [0.1, 0.15) is 0 Å². The van der Waals surface area contributed by atoms with Crippen LogP contribution in [0.2, 0.25) is 0 Å². The van der Waals surface area contributed by atoms with Crippen LogP contribution in [0.3, 0.4) is 0 Å². The van der Waals surface area contributed by atoms with Crippen molar-refractivity contribution in [3.63, 3.8) is 0 Å². The predicted molar refractivity (Wildman–Crippen MR) is 109 cm³/mol. The summed E-state index contributed by atoms with van der Waals surface area (Å²) in [6, 6.07) is 3.91. The standard InChI is InChI=1S/C21H25F2N5O4/c1-31-17-7-5-6-15(18(17)32-2)19(29)28-13-21(22,23)10-14(28)11-27-12-16(24-25-27)20(30)26-8-3-4-9-26/h5-7,12,14H,3-4,8-11,13H2,1-2H3/t14-/m0/s1. The van der Waals surface area contributed by atoms with Gasteiger partial charge in [0.15, 0.2) is 17.2 Å². The van der Waals surface area contributed by atoms with E-state index in [1.54, 1.807) is 17.0 Å². The molecule has 2 aromatic rings. The van der Waals surface area contributed by atoms with Gasteiger partial charge in [-0.2, -0.15) is 0 Å². The number of nitrogens with zero attached hydrogens (tertiary/aromatic N) is 5. The number of ether oxygens (including phenoxy) is 2. The number of likely N-dealkylation sites (tertiary alicyclic amines) is 2. The number of aromatic nitrogens is 3. The Labute approximate surface area is 183 Å². The number of benzene rings is 1. The summed E-state index contributed by atoms with van der Waals surface area (Å²) in [7, 11) is 2.82. The highest BCUT2D eigenvalue weighted by atomic mass is 19.3. The molecule has 0 bridgehead atoms. The lowest BCUT2D eigenvalue weighted by atomic mass is 10.1. The van der Waals surface area contributed by atoms with E-state index >= 15 is 0 Å². The third kappa shape index (κ3) is 4.23. The van der Waals surface area contributed by atoms with Gasteiger partial charge >= 0.3 is 0 Å². The van der Waals surface area contributed by atoms with Gasteiger partial charge in [-0.15, -0.1) is 5.10 Å². The summed E-state index contributed by atoms with van der Waals surface area (Å²) < 4.78 is 40.5. The number of carbonyl (C=O) groups excluding carboxylic acids is 2. The van der Waals surface area contributed by atoms with Crippen molar-refractivity contribution in [1.82, 2.24) is 24.8 Å². The van der Waals surface area contributed by atoms with E-state index in [0.29, 0.717) is 18.8 Å². The Bertz CT molecular complexity index is 1010. The van der Waals surface area contributed by atoms with E-state index in [1.807, 2.05) is 0 Å². The predicted octanol–water partition coefficient (Wildman–Crippen LogP) is 2.08. The molecule has 3 heterocycles. The second kappa shape index (κ2) is 8.71. The van der Waals surface area contributed by atoms with Gasteiger partial charge < -0.3 is 19.3 Å². The molecule has 4 rings (SSSR count). The van der Waals surface area contributed by atoms with Gasteiger partial charge in [0, 0.05) is 19.5 Å². The lowest BCUT2D eigenvalue weighted by Crippen LogP contribution is -2.39. The maximum absolute atomic E-state index is 14.3. The number of hydrogen-bond donors (Lipinski definition) is 0. The highest BCUT2D eigenvalue weighted by Gasteiger charge is 2.47. The fourth-order valence-electron chi connectivity index (χ4n) is 4.29. The quantitative estimate of drug-likeness (QED) is 0.671. The van der Waals surface area contributed by atoms with Crippen molar-refractivity contribution in [2.24, 2.45) is 0 Å². The van der Waals surface area contributed by atoms with E-state index in [0.717, 1.165) is 17.7 Å². The molecular weight excluding hydrogens is 424 g/mol. The zero-order chi connectivity index (χ0) is 22.9. The second-order valence-corrected chi connectivity index (χ2v) is 8.01. The Hall–Kier alpha value is -3.24. The number of amides is 2. The minimum atomic E-state index is -3.04. The highest BCUT2D eigenvalue weighted by molar-refractivity contribution is 5.98. The molecular formula is C21H25F2N5O4. The molecule has 2 fully saturated rings. The molecule has 2 amide bonds. The first-order chi connectivity index (χ1) is 15.3. The van der Waals surface area contributed by atoms with E-state index < -0.39 is 30.8 Å². The average molecular weight is 449 g/mol. The van der Waals surface area contributed by atoms with Gasteiger partial charge in [-0.05, 0) is 25.0 Å². The van der Waals surface area contributed by atoms with Crippen molar-refractivity contribution in [2.45, 2.75) is 37.8 Å². The van der Waals surface area contributed by atoms with E-state index in [-0.39, 0.29) is 29.5 Å². The Morgan fingerprint density at radius 2 is 1.91 bits per heavy atom. The van der Waals surface area contributed by atoms with Gasteiger partial charge in [0.25, 0.3) is 17.7 Å². The van der Waals surface area contributed by atoms with E-state index in [9.17, 15) is 18.4 Å². The van der Waals surface area contributed by atoms with Gasteiger partial charge in [-0.25, -0.2) is 13.5 Å². The van der Waals surface area contributed by atoms with Crippen molar-refractivity contribution in [3.05, 3.63) is 35.7 Å². The first-order valence-corrected chi connectivity index (χ1v) is 10.4. The fraction of sp³-hybridized carbons (Fsp3) is 0.524. The molecule has 0 radical (unpaired) electrons. The number of para-hydroxylation sites is 1. The number of hydrogen-bond acceptors (Lipinski definition) is 6. The number of halogens is 2. The topological polar surface area (TPSA) is 89.8 Å². The van der Waals surface area contributed by atoms with Crippen LogP contribution in [0.25, 0.3) is 0 Å². The number of rotatable bonds is 6. The summed E-state index contributed by atoms with van der Waals surface area (Å²) in [5.41, 5.74) is 0.307. The zero-order valence-electron chi connectivity index (χ0n) is 18.0. The Morgan fingerprint density at radius 1 is 1.16 bits per heavy atom. The third-order valence-corrected chi connectivity index (χ3v) is 5.82. The fourth-order valence-corrected chi connectivity index (χ4v) is 4.29. The molecule has 2 aliphatic heterocycles. The van der Waals surface area contributed by atoms with E-state index in [2.05, 4.69) is 10.3 Å². The first-order valence-electron chi connectivity index (χ1n) is 10.4. The Morgan fingerprint density at radius 3 is 2.59 bits per heavy atom.